The second-order valence-corrected chi connectivity index (χ2v) is 8.69. The van der Waals surface area contributed by atoms with Gasteiger partial charge in [-0.2, -0.15) is 0 Å². The maximum atomic E-state index is 13.7. The van der Waals surface area contributed by atoms with E-state index in [4.69, 9.17) is 0 Å². The number of carbonyl (C=O) groups is 1. The lowest BCUT2D eigenvalue weighted by molar-refractivity contribution is -0.126. The molecule has 1 saturated heterocycles. The Labute approximate surface area is 149 Å². The summed E-state index contributed by atoms with van der Waals surface area (Å²) in [4.78, 5) is 12.2. The number of hydrogen-bond donors (Lipinski definition) is 1. The van der Waals surface area contributed by atoms with E-state index in [2.05, 4.69) is 12.2 Å². The van der Waals surface area contributed by atoms with Crippen LogP contribution in [0.3, 0.4) is 0 Å². The van der Waals surface area contributed by atoms with Gasteiger partial charge in [-0.15, -0.1) is 0 Å². The van der Waals surface area contributed by atoms with Gasteiger partial charge in [0, 0.05) is 30.6 Å². The highest BCUT2D eigenvalue weighted by molar-refractivity contribution is 7.88. The number of sulfonamides is 1. The molecular formula is C18H27FN2O3S. The van der Waals surface area contributed by atoms with Crippen LogP contribution in [0.1, 0.15) is 45.1 Å². The lowest BCUT2D eigenvalue weighted by Gasteiger charge is -2.31. The first-order chi connectivity index (χ1) is 11.8. The van der Waals surface area contributed by atoms with Crippen LogP contribution >= 0.6 is 0 Å². The highest BCUT2D eigenvalue weighted by Crippen LogP contribution is 2.22. The Morgan fingerprint density at radius 3 is 2.56 bits per heavy atom. The number of piperidine rings is 1. The summed E-state index contributed by atoms with van der Waals surface area (Å²) in [6, 6.07) is 6.05. The summed E-state index contributed by atoms with van der Waals surface area (Å²) in [5.41, 5.74) is 0.177. The van der Waals surface area contributed by atoms with Crippen LogP contribution in [0.4, 0.5) is 4.39 Å². The zero-order valence-corrected chi connectivity index (χ0v) is 15.7. The summed E-state index contributed by atoms with van der Waals surface area (Å²) in [6.07, 6.45) is 2.94. The lowest BCUT2D eigenvalue weighted by atomic mass is 9.96. The van der Waals surface area contributed by atoms with Crippen molar-refractivity contribution in [1.29, 1.82) is 0 Å². The SMILES string of the molecule is CCC[C@H](C)NC(=O)C1CCN(S(=O)(=O)Cc2ccccc2F)CC1. The van der Waals surface area contributed by atoms with Crippen molar-refractivity contribution in [3.05, 3.63) is 35.6 Å². The molecule has 0 radical (unpaired) electrons. The minimum atomic E-state index is -3.58. The number of hydrogen-bond acceptors (Lipinski definition) is 3. The van der Waals surface area contributed by atoms with Crippen LogP contribution in [-0.4, -0.2) is 37.8 Å². The van der Waals surface area contributed by atoms with Crippen molar-refractivity contribution < 1.29 is 17.6 Å². The molecule has 0 aromatic heterocycles. The quantitative estimate of drug-likeness (QED) is 0.802. The highest BCUT2D eigenvalue weighted by atomic mass is 32.2. The minimum absolute atomic E-state index is 0.00658. The first-order valence-corrected chi connectivity index (χ1v) is 10.5. The summed E-state index contributed by atoms with van der Waals surface area (Å²) in [5, 5.41) is 2.99. The molecule has 1 aliphatic heterocycles. The van der Waals surface area contributed by atoms with Gasteiger partial charge in [0.2, 0.25) is 15.9 Å². The molecule has 0 aliphatic carbocycles. The monoisotopic (exact) mass is 370 g/mol. The number of benzene rings is 1. The van der Waals surface area contributed by atoms with Crippen LogP contribution in [-0.2, 0) is 20.6 Å². The van der Waals surface area contributed by atoms with Crippen LogP contribution in [0.25, 0.3) is 0 Å². The van der Waals surface area contributed by atoms with Crippen LogP contribution < -0.4 is 5.32 Å². The second kappa shape index (κ2) is 8.76. The van der Waals surface area contributed by atoms with Crippen molar-refractivity contribution in [3.8, 4) is 0 Å². The molecule has 1 aliphatic rings. The molecule has 1 fully saturated rings. The van der Waals surface area contributed by atoms with Crippen molar-refractivity contribution in [2.45, 2.75) is 51.3 Å². The number of nitrogens with zero attached hydrogens (tertiary/aromatic N) is 1. The van der Waals surface area contributed by atoms with E-state index in [9.17, 15) is 17.6 Å². The van der Waals surface area contributed by atoms with E-state index in [0.717, 1.165) is 12.8 Å². The Balaban J connectivity index is 1.90. The Morgan fingerprint density at radius 1 is 1.32 bits per heavy atom. The molecule has 1 N–H and O–H groups in total. The van der Waals surface area contributed by atoms with Gasteiger partial charge in [0.25, 0.3) is 0 Å². The van der Waals surface area contributed by atoms with Gasteiger partial charge in [-0.3, -0.25) is 4.79 Å². The van der Waals surface area contributed by atoms with Crippen molar-refractivity contribution in [1.82, 2.24) is 9.62 Å². The molecule has 1 aromatic carbocycles. The largest absolute Gasteiger partial charge is 0.353 e. The third-order valence-corrected chi connectivity index (χ3v) is 6.45. The van der Waals surface area contributed by atoms with Crippen LogP contribution in [0.15, 0.2) is 24.3 Å². The maximum Gasteiger partial charge on any atom is 0.223 e. The summed E-state index contributed by atoms with van der Waals surface area (Å²) < 4.78 is 40.1. The zero-order valence-electron chi connectivity index (χ0n) is 14.9. The van der Waals surface area contributed by atoms with Gasteiger partial charge < -0.3 is 5.32 Å². The highest BCUT2D eigenvalue weighted by Gasteiger charge is 2.31. The third kappa shape index (κ3) is 5.51. The topological polar surface area (TPSA) is 66.5 Å². The van der Waals surface area contributed by atoms with E-state index >= 15 is 0 Å². The van der Waals surface area contributed by atoms with E-state index in [-0.39, 0.29) is 29.2 Å². The predicted molar refractivity (Wildman–Crippen MR) is 95.8 cm³/mol. The predicted octanol–water partition coefficient (Wildman–Crippen LogP) is 2.67. The molecule has 7 heteroatoms. The molecule has 25 heavy (non-hydrogen) atoms. The molecule has 2 rings (SSSR count). The number of amides is 1. The van der Waals surface area contributed by atoms with Gasteiger partial charge in [-0.1, -0.05) is 31.5 Å². The second-order valence-electron chi connectivity index (χ2n) is 6.72. The van der Waals surface area contributed by atoms with E-state index in [1.807, 2.05) is 6.92 Å². The molecule has 0 unspecified atom stereocenters. The maximum absolute atomic E-state index is 13.7. The van der Waals surface area contributed by atoms with E-state index in [1.54, 1.807) is 6.07 Å². The molecular weight excluding hydrogens is 343 g/mol. The first kappa shape index (κ1) is 19.8. The fraction of sp³-hybridized carbons (Fsp3) is 0.611. The fourth-order valence-corrected chi connectivity index (χ4v) is 4.74. The Kier molecular flexibility index (Phi) is 6.95. The molecule has 0 bridgehead atoms. The molecule has 1 amide bonds. The van der Waals surface area contributed by atoms with Gasteiger partial charge in [0.05, 0.1) is 5.75 Å². The Hall–Kier alpha value is -1.47. The number of nitrogens with one attached hydrogen (secondary N) is 1. The van der Waals surface area contributed by atoms with Crippen LogP contribution in [0, 0.1) is 11.7 Å². The third-order valence-electron chi connectivity index (χ3n) is 4.62. The molecule has 1 atom stereocenters. The average molecular weight is 370 g/mol. The van der Waals surface area contributed by atoms with Crippen LogP contribution in [0.5, 0.6) is 0 Å². The minimum Gasteiger partial charge on any atom is -0.353 e. The molecule has 5 nitrogen and oxygen atoms in total. The van der Waals surface area contributed by atoms with Crippen LogP contribution in [0.2, 0.25) is 0 Å². The van der Waals surface area contributed by atoms with Crippen molar-refractivity contribution in [3.63, 3.8) is 0 Å². The Bertz CT molecular complexity index is 685. The number of carbonyl (C=O) groups excluding carboxylic acids is 1. The van der Waals surface area contributed by atoms with Gasteiger partial charge in [-0.25, -0.2) is 17.1 Å². The average Bonchev–Trinajstić information content (AvgIpc) is 2.57. The van der Waals surface area contributed by atoms with Gasteiger partial charge in [-0.05, 0) is 32.3 Å². The van der Waals surface area contributed by atoms with Crippen molar-refractivity contribution >= 4 is 15.9 Å². The summed E-state index contributed by atoms with van der Waals surface area (Å²) >= 11 is 0. The molecule has 1 heterocycles. The van der Waals surface area contributed by atoms with Crippen molar-refractivity contribution in [2.75, 3.05) is 13.1 Å². The Morgan fingerprint density at radius 2 is 1.96 bits per heavy atom. The van der Waals surface area contributed by atoms with E-state index in [1.165, 1.54) is 22.5 Å². The number of halogens is 1. The number of rotatable bonds is 7. The zero-order chi connectivity index (χ0) is 18.4. The van der Waals surface area contributed by atoms with E-state index < -0.39 is 15.8 Å². The van der Waals surface area contributed by atoms with Gasteiger partial charge in [0.1, 0.15) is 5.82 Å². The molecule has 140 valence electrons. The summed E-state index contributed by atoms with van der Waals surface area (Å²) in [6.45, 7) is 4.66. The first-order valence-electron chi connectivity index (χ1n) is 8.85. The summed E-state index contributed by atoms with van der Waals surface area (Å²) in [7, 11) is -3.58. The summed E-state index contributed by atoms with van der Waals surface area (Å²) in [5.74, 6) is -0.999. The van der Waals surface area contributed by atoms with Gasteiger partial charge >= 0.3 is 0 Å². The standard InChI is InChI=1S/C18H27FN2O3S/c1-3-6-14(2)20-18(22)15-9-11-21(12-10-15)25(23,24)13-16-7-4-5-8-17(16)19/h4-5,7-8,14-15H,3,6,9-13H2,1-2H3,(H,20,22)/t14-/m0/s1. The van der Waals surface area contributed by atoms with Crippen molar-refractivity contribution in [2.24, 2.45) is 5.92 Å². The smallest absolute Gasteiger partial charge is 0.223 e. The molecule has 0 spiro atoms. The van der Waals surface area contributed by atoms with Gasteiger partial charge in [0.15, 0.2) is 0 Å². The molecule has 0 saturated carbocycles. The fourth-order valence-electron chi connectivity index (χ4n) is 3.17. The van der Waals surface area contributed by atoms with E-state index in [0.29, 0.717) is 25.9 Å². The lowest BCUT2D eigenvalue weighted by Crippen LogP contribution is -2.45. The molecule has 1 aromatic rings. The normalized spacial score (nSPS) is 18.0.